The molecule has 3 nitrogen and oxygen atoms in total. The van der Waals surface area contributed by atoms with Crippen molar-refractivity contribution in [1.82, 2.24) is 0 Å². The predicted molar refractivity (Wildman–Crippen MR) is 67.8 cm³/mol. The zero-order valence-electron chi connectivity index (χ0n) is 11.3. The van der Waals surface area contributed by atoms with Gasteiger partial charge in [0.05, 0.1) is 11.0 Å². The molecule has 1 saturated carbocycles. The average Bonchev–Trinajstić information content (AvgIpc) is 2.32. The Kier molecular flexibility index (Phi) is 4.59. The molecule has 0 aliphatic heterocycles. The summed E-state index contributed by atoms with van der Waals surface area (Å²) in [5, 5.41) is 19.9. The van der Waals surface area contributed by atoms with Gasteiger partial charge in [-0.25, -0.2) is 0 Å². The Hall–Kier alpha value is -0.570. The molecule has 0 bridgehead atoms. The highest BCUT2D eigenvalue weighted by molar-refractivity contribution is 5.74. The van der Waals surface area contributed by atoms with E-state index in [1.807, 2.05) is 13.8 Å². The number of aliphatic carboxylic acids is 1. The summed E-state index contributed by atoms with van der Waals surface area (Å²) in [5.74, 6) is -0.0939. The van der Waals surface area contributed by atoms with E-state index in [0.717, 1.165) is 12.8 Å². The van der Waals surface area contributed by atoms with Gasteiger partial charge in [0, 0.05) is 0 Å². The molecule has 17 heavy (non-hydrogen) atoms. The second kappa shape index (κ2) is 5.38. The number of carboxylic acids is 1. The molecule has 0 aromatic heterocycles. The number of rotatable bonds is 5. The normalized spacial score (nSPS) is 30.2. The molecule has 100 valence electrons. The zero-order chi connectivity index (χ0) is 13.1. The van der Waals surface area contributed by atoms with Crippen molar-refractivity contribution in [2.75, 3.05) is 0 Å². The summed E-state index contributed by atoms with van der Waals surface area (Å²) in [7, 11) is 0. The van der Waals surface area contributed by atoms with Crippen LogP contribution >= 0.6 is 0 Å². The molecule has 0 saturated heterocycles. The van der Waals surface area contributed by atoms with Crippen molar-refractivity contribution in [1.29, 1.82) is 0 Å². The third-order valence-corrected chi connectivity index (χ3v) is 4.67. The number of carboxylic acid groups (broad SMARTS) is 1. The summed E-state index contributed by atoms with van der Waals surface area (Å²) in [6, 6.07) is 0. The van der Waals surface area contributed by atoms with Crippen molar-refractivity contribution in [2.24, 2.45) is 11.3 Å². The molecular formula is C14H26O3. The first-order valence-electron chi connectivity index (χ1n) is 6.83. The summed E-state index contributed by atoms with van der Waals surface area (Å²) in [6.45, 7) is 6.05. The molecule has 0 unspecified atom stereocenters. The second-order valence-corrected chi connectivity index (χ2v) is 5.88. The highest BCUT2D eigenvalue weighted by atomic mass is 16.4. The van der Waals surface area contributed by atoms with Crippen molar-refractivity contribution in [3.8, 4) is 0 Å². The van der Waals surface area contributed by atoms with Crippen molar-refractivity contribution >= 4 is 5.97 Å². The third kappa shape index (κ3) is 3.21. The van der Waals surface area contributed by atoms with Crippen LogP contribution in [0, 0.1) is 11.3 Å². The van der Waals surface area contributed by atoms with Crippen LogP contribution in [0.4, 0.5) is 0 Å². The molecule has 0 radical (unpaired) electrons. The number of carbonyl (C=O) groups is 1. The molecule has 1 aliphatic carbocycles. The van der Waals surface area contributed by atoms with Gasteiger partial charge in [-0.15, -0.1) is 0 Å². The van der Waals surface area contributed by atoms with E-state index in [4.69, 9.17) is 0 Å². The fourth-order valence-corrected chi connectivity index (χ4v) is 2.91. The van der Waals surface area contributed by atoms with Crippen LogP contribution < -0.4 is 0 Å². The monoisotopic (exact) mass is 242 g/mol. The minimum absolute atomic E-state index is 0.412. The molecule has 0 aromatic carbocycles. The van der Waals surface area contributed by atoms with E-state index >= 15 is 0 Å². The Balaban J connectivity index is 2.83. The Morgan fingerprint density at radius 2 is 1.76 bits per heavy atom. The molecule has 0 aromatic rings. The van der Waals surface area contributed by atoms with Crippen LogP contribution in [0.5, 0.6) is 0 Å². The minimum atomic E-state index is -0.807. The average molecular weight is 242 g/mol. The molecule has 2 N–H and O–H groups in total. The fraction of sp³-hybridized carbons (Fsp3) is 0.929. The zero-order valence-corrected chi connectivity index (χ0v) is 11.3. The quantitative estimate of drug-likeness (QED) is 0.778. The van der Waals surface area contributed by atoms with Crippen molar-refractivity contribution in [3.63, 3.8) is 0 Å². The second-order valence-electron chi connectivity index (χ2n) is 5.88. The Morgan fingerprint density at radius 3 is 2.12 bits per heavy atom. The van der Waals surface area contributed by atoms with Crippen LogP contribution in [0.3, 0.4) is 0 Å². The largest absolute Gasteiger partial charge is 0.481 e. The van der Waals surface area contributed by atoms with Crippen LogP contribution in [-0.2, 0) is 4.79 Å². The standard InChI is InChI=1S/C14H26O3/c1-4-14(17,5-2)10-13(12(15)16)8-6-11(3)7-9-13/h11,17H,4-10H2,1-3H3,(H,15,16). The van der Waals surface area contributed by atoms with E-state index < -0.39 is 17.0 Å². The Labute approximate surface area is 104 Å². The molecule has 1 rings (SSSR count). The van der Waals surface area contributed by atoms with Gasteiger partial charge >= 0.3 is 5.97 Å². The first-order valence-corrected chi connectivity index (χ1v) is 6.83. The van der Waals surface area contributed by atoms with Crippen LogP contribution in [-0.4, -0.2) is 21.8 Å². The van der Waals surface area contributed by atoms with Gasteiger partial charge in [-0.2, -0.15) is 0 Å². The lowest BCUT2D eigenvalue weighted by Crippen LogP contribution is -2.43. The van der Waals surface area contributed by atoms with E-state index in [0.29, 0.717) is 38.0 Å². The highest BCUT2D eigenvalue weighted by Crippen LogP contribution is 2.45. The summed E-state index contributed by atoms with van der Waals surface area (Å²) < 4.78 is 0. The summed E-state index contributed by atoms with van der Waals surface area (Å²) in [5.41, 5.74) is -1.49. The maximum Gasteiger partial charge on any atom is 0.309 e. The van der Waals surface area contributed by atoms with Crippen LogP contribution in [0.25, 0.3) is 0 Å². The van der Waals surface area contributed by atoms with Crippen molar-refractivity contribution in [2.45, 2.75) is 71.3 Å². The molecule has 0 amide bonds. The SMILES string of the molecule is CCC(O)(CC)CC1(C(=O)O)CCC(C)CC1. The van der Waals surface area contributed by atoms with Gasteiger partial charge in [-0.05, 0) is 50.9 Å². The molecule has 1 aliphatic rings. The van der Waals surface area contributed by atoms with Gasteiger partial charge in [0.25, 0.3) is 0 Å². The maximum absolute atomic E-state index is 11.6. The fourth-order valence-electron chi connectivity index (χ4n) is 2.91. The lowest BCUT2D eigenvalue weighted by Gasteiger charge is -2.41. The first kappa shape index (κ1) is 14.5. The molecule has 0 atom stereocenters. The number of aliphatic hydroxyl groups is 1. The minimum Gasteiger partial charge on any atom is -0.481 e. The first-order chi connectivity index (χ1) is 7.87. The van der Waals surface area contributed by atoms with Gasteiger partial charge < -0.3 is 10.2 Å². The lowest BCUT2D eigenvalue weighted by atomic mass is 9.65. The third-order valence-electron chi connectivity index (χ3n) is 4.67. The molecule has 0 spiro atoms. The van der Waals surface area contributed by atoms with E-state index in [1.165, 1.54) is 0 Å². The van der Waals surface area contributed by atoms with Crippen molar-refractivity contribution < 1.29 is 15.0 Å². The highest BCUT2D eigenvalue weighted by Gasteiger charge is 2.45. The number of hydrogen-bond donors (Lipinski definition) is 2. The topological polar surface area (TPSA) is 57.5 Å². The number of hydrogen-bond acceptors (Lipinski definition) is 2. The molecule has 1 fully saturated rings. The smallest absolute Gasteiger partial charge is 0.309 e. The van der Waals surface area contributed by atoms with E-state index in [1.54, 1.807) is 0 Å². The van der Waals surface area contributed by atoms with Gasteiger partial charge in [0.2, 0.25) is 0 Å². The lowest BCUT2D eigenvalue weighted by molar-refractivity contribution is -0.157. The summed E-state index contributed by atoms with van der Waals surface area (Å²) in [6.07, 6.45) is 5.04. The summed E-state index contributed by atoms with van der Waals surface area (Å²) in [4.78, 5) is 11.6. The van der Waals surface area contributed by atoms with Gasteiger partial charge in [0.15, 0.2) is 0 Å². The van der Waals surface area contributed by atoms with E-state index in [-0.39, 0.29) is 0 Å². The molecular weight excluding hydrogens is 216 g/mol. The van der Waals surface area contributed by atoms with Crippen LogP contribution in [0.1, 0.15) is 65.7 Å². The Morgan fingerprint density at radius 1 is 1.29 bits per heavy atom. The van der Waals surface area contributed by atoms with Crippen LogP contribution in [0.2, 0.25) is 0 Å². The van der Waals surface area contributed by atoms with E-state index in [9.17, 15) is 15.0 Å². The van der Waals surface area contributed by atoms with E-state index in [2.05, 4.69) is 6.92 Å². The van der Waals surface area contributed by atoms with Gasteiger partial charge in [-0.1, -0.05) is 20.8 Å². The van der Waals surface area contributed by atoms with Gasteiger partial charge in [-0.3, -0.25) is 4.79 Å². The van der Waals surface area contributed by atoms with Crippen LogP contribution in [0.15, 0.2) is 0 Å². The van der Waals surface area contributed by atoms with Crippen molar-refractivity contribution in [3.05, 3.63) is 0 Å². The van der Waals surface area contributed by atoms with Gasteiger partial charge in [0.1, 0.15) is 0 Å². The summed E-state index contributed by atoms with van der Waals surface area (Å²) >= 11 is 0. The molecule has 0 heterocycles. The predicted octanol–water partition coefficient (Wildman–Crippen LogP) is 3.21. The maximum atomic E-state index is 11.6. The molecule has 3 heteroatoms. The Bertz CT molecular complexity index is 261.